The fraction of sp³-hybridized carbons (Fsp3) is 0.333. The fourth-order valence-electron chi connectivity index (χ4n) is 5.44. The summed E-state index contributed by atoms with van der Waals surface area (Å²) in [6.45, 7) is 6.38. The molecule has 1 saturated carbocycles. The molecule has 6 nitrogen and oxygen atoms in total. The summed E-state index contributed by atoms with van der Waals surface area (Å²) >= 11 is 5.89. The van der Waals surface area contributed by atoms with E-state index < -0.39 is 16.7 Å². The van der Waals surface area contributed by atoms with Crippen LogP contribution in [0.25, 0.3) is 11.0 Å². The second-order valence-corrected chi connectivity index (χ2v) is 9.62. The Bertz CT molecular complexity index is 1240. The summed E-state index contributed by atoms with van der Waals surface area (Å²) in [6, 6.07) is 14.2. The van der Waals surface area contributed by atoms with E-state index in [4.69, 9.17) is 21.6 Å². The van der Waals surface area contributed by atoms with Crippen LogP contribution in [0.1, 0.15) is 55.4 Å². The van der Waals surface area contributed by atoms with Crippen LogP contribution >= 0.6 is 11.6 Å². The number of nitrogens with one attached hydrogen (secondary N) is 2. The lowest BCUT2D eigenvalue weighted by Crippen LogP contribution is -2.55. The number of nitrogens with zero attached hydrogens (tertiary/aromatic N) is 2. The summed E-state index contributed by atoms with van der Waals surface area (Å²) in [5.74, 6) is -0.658. The smallest absolute Gasteiger partial charge is 0.269 e. The first-order chi connectivity index (χ1) is 14.7. The predicted octanol–water partition coefficient (Wildman–Crippen LogP) is 4.07. The second-order valence-electron chi connectivity index (χ2n) is 9.19. The predicted molar refractivity (Wildman–Crippen MR) is 119 cm³/mol. The third-order valence-electron chi connectivity index (χ3n) is 7.73. The highest BCUT2D eigenvalue weighted by Crippen LogP contribution is 2.70. The Kier molecular flexibility index (Phi) is 4.18. The van der Waals surface area contributed by atoms with E-state index in [9.17, 15) is 9.59 Å². The molecular weight excluding hydrogens is 412 g/mol. The van der Waals surface area contributed by atoms with Crippen molar-refractivity contribution in [1.82, 2.24) is 20.8 Å². The molecule has 0 saturated heterocycles. The first kappa shape index (κ1) is 19.9. The van der Waals surface area contributed by atoms with Gasteiger partial charge in [-0.15, -0.1) is 0 Å². The Morgan fingerprint density at radius 3 is 2.13 bits per heavy atom. The van der Waals surface area contributed by atoms with E-state index in [-0.39, 0.29) is 11.3 Å². The molecule has 1 fully saturated rings. The van der Waals surface area contributed by atoms with Crippen LogP contribution in [0.3, 0.4) is 0 Å². The SMILES string of the molecule is CC12CCC(C(=O)NNC(=O)c3ccc(Cl)cc3)(c3nc4ccccc4nc31)C2(C)C. The molecule has 5 rings (SSSR count). The van der Waals surface area contributed by atoms with Gasteiger partial charge in [0.15, 0.2) is 0 Å². The van der Waals surface area contributed by atoms with Crippen LogP contribution in [0, 0.1) is 5.41 Å². The van der Waals surface area contributed by atoms with Gasteiger partial charge < -0.3 is 0 Å². The van der Waals surface area contributed by atoms with E-state index in [1.165, 1.54) is 0 Å². The first-order valence-electron chi connectivity index (χ1n) is 10.3. The van der Waals surface area contributed by atoms with Crippen molar-refractivity contribution in [3.8, 4) is 0 Å². The van der Waals surface area contributed by atoms with Crippen LogP contribution in [-0.4, -0.2) is 21.8 Å². The molecule has 2 N–H and O–H groups in total. The average molecular weight is 435 g/mol. The number of carbonyl (C=O) groups excluding carboxylic acids is 2. The second kappa shape index (κ2) is 6.50. The van der Waals surface area contributed by atoms with Crippen molar-refractivity contribution in [1.29, 1.82) is 0 Å². The summed E-state index contributed by atoms with van der Waals surface area (Å²) in [7, 11) is 0. The molecule has 2 aliphatic rings. The molecule has 2 bridgehead atoms. The number of hydrogen-bond acceptors (Lipinski definition) is 4. The maximum absolute atomic E-state index is 13.7. The highest BCUT2D eigenvalue weighted by Gasteiger charge is 2.73. The zero-order valence-electron chi connectivity index (χ0n) is 17.6. The number of halogens is 1. The van der Waals surface area contributed by atoms with Crippen molar-refractivity contribution in [2.45, 2.75) is 44.4 Å². The minimum atomic E-state index is -0.874. The Morgan fingerprint density at radius 1 is 0.871 bits per heavy atom. The zero-order valence-corrected chi connectivity index (χ0v) is 18.4. The fourth-order valence-corrected chi connectivity index (χ4v) is 5.57. The largest absolute Gasteiger partial charge is 0.272 e. The standard InChI is InChI=1S/C24H23ClN4O2/c1-22(2)23(3)12-13-24(22,19-18(23)26-16-6-4-5-7-17(16)27-19)21(31)29-28-20(30)14-8-10-15(25)11-9-14/h4-11H,12-13H2,1-3H3,(H,28,30)(H,29,31). The number of amides is 2. The van der Waals surface area contributed by atoms with Crippen molar-refractivity contribution in [3.05, 3.63) is 70.5 Å². The first-order valence-corrected chi connectivity index (χ1v) is 10.7. The van der Waals surface area contributed by atoms with Gasteiger partial charge in [-0.25, -0.2) is 9.97 Å². The van der Waals surface area contributed by atoms with Crippen molar-refractivity contribution < 1.29 is 9.59 Å². The lowest BCUT2D eigenvalue weighted by atomic mass is 9.63. The van der Waals surface area contributed by atoms with Crippen LogP contribution < -0.4 is 10.9 Å². The van der Waals surface area contributed by atoms with Crippen LogP contribution in [0.15, 0.2) is 48.5 Å². The van der Waals surface area contributed by atoms with E-state index in [0.717, 1.165) is 28.8 Å². The molecule has 0 radical (unpaired) electrons. The molecule has 3 aromatic rings. The number of carbonyl (C=O) groups is 2. The summed E-state index contributed by atoms with van der Waals surface area (Å²) < 4.78 is 0. The van der Waals surface area contributed by atoms with Crippen LogP contribution in [-0.2, 0) is 15.6 Å². The topological polar surface area (TPSA) is 84.0 Å². The normalized spacial score (nSPS) is 25.3. The molecule has 7 heteroatoms. The Balaban J connectivity index is 1.52. The molecular formula is C24H23ClN4O2. The van der Waals surface area contributed by atoms with Gasteiger partial charge in [0.25, 0.3) is 11.8 Å². The summed E-state index contributed by atoms with van der Waals surface area (Å²) in [5.41, 5.74) is 7.29. The van der Waals surface area contributed by atoms with Crippen LogP contribution in [0.5, 0.6) is 0 Å². The third kappa shape index (κ3) is 2.51. The number of para-hydroxylation sites is 2. The van der Waals surface area contributed by atoms with Gasteiger partial charge in [0.2, 0.25) is 0 Å². The highest BCUT2D eigenvalue weighted by atomic mass is 35.5. The molecule has 158 valence electrons. The summed E-state index contributed by atoms with van der Waals surface area (Å²) in [4.78, 5) is 36.0. The van der Waals surface area contributed by atoms with E-state index in [1.54, 1.807) is 24.3 Å². The summed E-state index contributed by atoms with van der Waals surface area (Å²) in [6.07, 6.45) is 1.48. The Hall–Kier alpha value is -2.99. The van der Waals surface area contributed by atoms with Gasteiger partial charge in [0.1, 0.15) is 5.41 Å². The Labute approximate surface area is 185 Å². The molecule has 2 unspecified atom stereocenters. The molecule has 0 spiro atoms. The lowest BCUT2D eigenvalue weighted by molar-refractivity contribution is -0.131. The molecule has 2 aliphatic carbocycles. The molecule has 2 atom stereocenters. The van der Waals surface area contributed by atoms with Crippen molar-refractivity contribution >= 4 is 34.4 Å². The van der Waals surface area contributed by atoms with E-state index >= 15 is 0 Å². The van der Waals surface area contributed by atoms with E-state index in [1.807, 2.05) is 24.3 Å². The highest BCUT2D eigenvalue weighted by molar-refractivity contribution is 6.30. The van der Waals surface area contributed by atoms with Gasteiger partial charge in [-0.3, -0.25) is 20.4 Å². The molecule has 1 aromatic heterocycles. The minimum Gasteiger partial charge on any atom is -0.272 e. The van der Waals surface area contributed by atoms with E-state index in [2.05, 4.69) is 31.6 Å². The van der Waals surface area contributed by atoms with Crippen molar-refractivity contribution in [2.24, 2.45) is 5.41 Å². The lowest BCUT2D eigenvalue weighted by Gasteiger charge is -2.39. The number of fused-ring (bicyclic) bond motifs is 6. The van der Waals surface area contributed by atoms with Gasteiger partial charge in [0, 0.05) is 16.0 Å². The number of hydrogen-bond donors (Lipinski definition) is 2. The maximum atomic E-state index is 13.7. The van der Waals surface area contributed by atoms with Gasteiger partial charge >= 0.3 is 0 Å². The van der Waals surface area contributed by atoms with E-state index in [0.29, 0.717) is 17.0 Å². The van der Waals surface area contributed by atoms with Crippen LogP contribution in [0.4, 0.5) is 0 Å². The Morgan fingerprint density at radius 2 is 1.48 bits per heavy atom. The van der Waals surface area contributed by atoms with Crippen LogP contribution in [0.2, 0.25) is 5.02 Å². The van der Waals surface area contributed by atoms with Crippen molar-refractivity contribution in [2.75, 3.05) is 0 Å². The molecule has 2 amide bonds. The van der Waals surface area contributed by atoms with Crippen molar-refractivity contribution in [3.63, 3.8) is 0 Å². The van der Waals surface area contributed by atoms with Gasteiger partial charge in [-0.05, 0) is 54.7 Å². The van der Waals surface area contributed by atoms with Gasteiger partial charge in [-0.1, -0.05) is 44.5 Å². The number of aromatic nitrogens is 2. The molecule has 1 heterocycles. The van der Waals surface area contributed by atoms with Gasteiger partial charge in [0.05, 0.1) is 22.4 Å². The summed E-state index contributed by atoms with van der Waals surface area (Å²) in [5, 5.41) is 0.542. The maximum Gasteiger partial charge on any atom is 0.269 e. The monoisotopic (exact) mass is 434 g/mol. The average Bonchev–Trinajstić information content (AvgIpc) is 3.06. The molecule has 0 aliphatic heterocycles. The molecule has 31 heavy (non-hydrogen) atoms. The number of rotatable bonds is 2. The number of benzene rings is 2. The zero-order chi connectivity index (χ0) is 22.0. The molecule has 2 aromatic carbocycles. The quantitative estimate of drug-likeness (QED) is 0.595. The minimum absolute atomic E-state index is 0.258. The third-order valence-corrected chi connectivity index (χ3v) is 7.98. The number of hydrazine groups is 1. The van der Waals surface area contributed by atoms with Gasteiger partial charge in [-0.2, -0.15) is 0 Å².